The number of carboxylic acids is 1. The van der Waals surface area contributed by atoms with Crippen molar-refractivity contribution in [1.29, 1.82) is 0 Å². The van der Waals surface area contributed by atoms with Gasteiger partial charge in [-0.1, -0.05) is 0 Å². The standard InChI is InChI=1S/C10H14N4O2/c15-10(16)5-8-6-11-3-4-14(8)9-1-2-12-7-13-9/h1-2,7-8,11H,3-6H2,(H,15,16). The summed E-state index contributed by atoms with van der Waals surface area (Å²) in [6.45, 7) is 2.30. The summed E-state index contributed by atoms with van der Waals surface area (Å²) in [7, 11) is 0. The fraction of sp³-hybridized carbons (Fsp3) is 0.500. The molecule has 16 heavy (non-hydrogen) atoms. The van der Waals surface area contributed by atoms with E-state index in [1.54, 1.807) is 12.3 Å². The van der Waals surface area contributed by atoms with E-state index in [1.807, 2.05) is 4.90 Å². The average molecular weight is 222 g/mol. The van der Waals surface area contributed by atoms with Crippen LogP contribution >= 0.6 is 0 Å². The lowest BCUT2D eigenvalue weighted by Crippen LogP contribution is -2.52. The molecule has 1 aliphatic rings. The highest BCUT2D eigenvalue weighted by Gasteiger charge is 2.25. The molecule has 0 aliphatic carbocycles. The number of hydrogen-bond acceptors (Lipinski definition) is 5. The molecule has 0 radical (unpaired) electrons. The zero-order valence-electron chi connectivity index (χ0n) is 8.83. The van der Waals surface area contributed by atoms with Crippen LogP contribution in [0.1, 0.15) is 6.42 Å². The average Bonchev–Trinajstić information content (AvgIpc) is 2.30. The molecule has 0 aromatic carbocycles. The molecule has 1 aromatic heterocycles. The maximum atomic E-state index is 10.8. The van der Waals surface area contributed by atoms with Gasteiger partial charge in [-0.15, -0.1) is 0 Å². The molecule has 86 valence electrons. The third-order valence-electron chi connectivity index (χ3n) is 2.62. The van der Waals surface area contributed by atoms with Crippen molar-refractivity contribution in [3.8, 4) is 0 Å². The van der Waals surface area contributed by atoms with Gasteiger partial charge in [-0.3, -0.25) is 4.79 Å². The quantitative estimate of drug-likeness (QED) is 0.733. The van der Waals surface area contributed by atoms with Crippen molar-refractivity contribution in [2.75, 3.05) is 24.5 Å². The molecule has 1 atom stereocenters. The molecule has 2 N–H and O–H groups in total. The van der Waals surface area contributed by atoms with Gasteiger partial charge in [-0.25, -0.2) is 9.97 Å². The van der Waals surface area contributed by atoms with Crippen LogP contribution in [0.5, 0.6) is 0 Å². The topological polar surface area (TPSA) is 78.4 Å². The van der Waals surface area contributed by atoms with E-state index in [-0.39, 0.29) is 12.5 Å². The first-order valence-electron chi connectivity index (χ1n) is 5.22. The minimum absolute atomic E-state index is 0.0406. The summed E-state index contributed by atoms with van der Waals surface area (Å²) in [6.07, 6.45) is 3.27. The van der Waals surface area contributed by atoms with Gasteiger partial charge in [0.1, 0.15) is 12.1 Å². The molecular formula is C10H14N4O2. The largest absolute Gasteiger partial charge is 0.481 e. The number of aromatic nitrogens is 2. The predicted molar refractivity (Wildman–Crippen MR) is 58.3 cm³/mol. The Labute approximate surface area is 93.3 Å². The van der Waals surface area contributed by atoms with Crippen LogP contribution in [-0.2, 0) is 4.79 Å². The summed E-state index contributed by atoms with van der Waals surface area (Å²) in [5.41, 5.74) is 0. The molecule has 1 aromatic rings. The van der Waals surface area contributed by atoms with Gasteiger partial charge in [0, 0.05) is 25.8 Å². The lowest BCUT2D eigenvalue weighted by Gasteiger charge is -2.36. The van der Waals surface area contributed by atoms with Crippen molar-refractivity contribution in [2.45, 2.75) is 12.5 Å². The van der Waals surface area contributed by atoms with Crippen molar-refractivity contribution in [2.24, 2.45) is 0 Å². The molecule has 6 nitrogen and oxygen atoms in total. The van der Waals surface area contributed by atoms with Gasteiger partial charge in [-0.05, 0) is 6.07 Å². The second-order valence-electron chi connectivity index (χ2n) is 3.72. The van der Waals surface area contributed by atoms with Crippen LogP contribution in [0.3, 0.4) is 0 Å². The van der Waals surface area contributed by atoms with E-state index in [4.69, 9.17) is 5.11 Å². The Kier molecular flexibility index (Phi) is 3.31. The third-order valence-corrected chi connectivity index (χ3v) is 2.62. The number of nitrogens with zero attached hydrogens (tertiary/aromatic N) is 3. The van der Waals surface area contributed by atoms with Crippen LogP contribution < -0.4 is 10.2 Å². The number of nitrogens with one attached hydrogen (secondary N) is 1. The Morgan fingerprint density at radius 3 is 3.25 bits per heavy atom. The first kappa shape index (κ1) is 10.8. The zero-order chi connectivity index (χ0) is 11.4. The second kappa shape index (κ2) is 4.89. The minimum atomic E-state index is -0.784. The number of piperazine rings is 1. The van der Waals surface area contributed by atoms with Gasteiger partial charge >= 0.3 is 5.97 Å². The maximum absolute atomic E-state index is 10.8. The number of rotatable bonds is 3. The first-order valence-corrected chi connectivity index (χ1v) is 5.22. The number of anilines is 1. The second-order valence-corrected chi connectivity index (χ2v) is 3.72. The fourth-order valence-corrected chi connectivity index (χ4v) is 1.90. The van der Waals surface area contributed by atoms with E-state index >= 15 is 0 Å². The van der Waals surface area contributed by atoms with Crippen molar-refractivity contribution >= 4 is 11.8 Å². The van der Waals surface area contributed by atoms with E-state index in [0.29, 0.717) is 6.54 Å². The Hall–Kier alpha value is -1.69. The van der Waals surface area contributed by atoms with Crippen LogP contribution in [0.4, 0.5) is 5.82 Å². The molecule has 6 heteroatoms. The fourth-order valence-electron chi connectivity index (χ4n) is 1.90. The SMILES string of the molecule is O=C(O)CC1CNCCN1c1ccncn1. The number of carbonyl (C=O) groups is 1. The Balaban J connectivity index is 2.13. The Morgan fingerprint density at radius 2 is 2.56 bits per heavy atom. The summed E-state index contributed by atoms with van der Waals surface area (Å²) >= 11 is 0. The molecule has 1 saturated heterocycles. The van der Waals surface area contributed by atoms with Gasteiger partial charge < -0.3 is 15.3 Å². The van der Waals surface area contributed by atoms with Crippen LogP contribution in [0, 0.1) is 0 Å². The highest BCUT2D eigenvalue weighted by Crippen LogP contribution is 2.16. The zero-order valence-corrected chi connectivity index (χ0v) is 8.83. The van der Waals surface area contributed by atoms with E-state index in [2.05, 4.69) is 15.3 Å². The molecule has 1 fully saturated rings. The van der Waals surface area contributed by atoms with Crippen molar-refractivity contribution < 1.29 is 9.90 Å². The van der Waals surface area contributed by atoms with E-state index in [9.17, 15) is 4.79 Å². The smallest absolute Gasteiger partial charge is 0.305 e. The molecule has 0 spiro atoms. The highest BCUT2D eigenvalue weighted by atomic mass is 16.4. The van der Waals surface area contributed by atoms with Gasteiger partial charge in [0.05, 0.1) is 12.5 Å². The minimum Gasteiger partial charge on any atom is -0.481 e. The maximum Gasteiger partial charge on any atom is 0.305 e. The van der Waals surface area contributed by atoms with Crippen molar-refractivity contribution in [3.05, 3.63) is 18.6 Å². The van der Waals surface area contributed by atoms with Gasteiger partial charge in [0.15, 0.2) is 0 Å². The molecule has 1 aliphatic heterocycles. The third kappa shape index (κ3) is 2.46. The monoisotopic (exact) mass is 222 g/mol. The molecule has 2 heterocycles. The molecule has 0 bridgehead atoms. The van der Waals surface area contributed by atoms with Crippen LogP contribution in [-0.4, -0.2) is 46.7 Å². The number of aliphatic carboxylic acids is 1. The molecule has 2 rings (SSSR count). The summed E-state index contributed by atoms with van der Waals surface area (Å²) < 4.78 is 0. The van der Waals surface area contributed by atoms with Gasteiger partial charge in [-0.2, -0.15) is 0 Å². The molecule has 0 amide bonds. The Morgan fingerprint density at radius 1 is 1.69 bits per heavy atom. The van der Waals surface area contributed by atoms with Crippen LogP contribution in [0.2, 0.25) is 0 Å². The predicted octanol–water partition coefficient (Wildman–Crippen LogP) is -0.270. The lowest BCUT2D eigenvalue weighted by atomic mass is 10.1. The van der Waals surface area contributed by atoms with E-state index in [1.165, 1.54) is 6.33 Å². The Bertz CT molecular complexity index is 357. The molecule has 0 saturated carbocycles. The normalized spacial score (nSPS) is 20.8. The summed E-state index contributed by atoms with van der Waals surface area (Å²) in [5.74, 6) is 0.00973. The van der Waals surface area contributed by atoms with Gasteiger partial charge in [0.2, 0.25) is 0 Å². The van der Waals surface area contributed by atoms with Crippen molar-refractivity contribution in [1.82, 2.24) is 15.3 Å². The summed E-state index contributed by atoms with van der Waals surface area (Å²) in [4.78, 5) is 20.8. The summed E-state index contributed by atoms with van der Waals surface area (Å²) in [5, 5.41) is 12.0. The molecule has 1 unspecified atom stereocenters. The lowest BCUT2D eigenvalue weighted by molar-refractivity contribution is -0.137. The number of carboxylic acid groups (broad SMARTS) is 1. The van der Waals surface area contributed by atoms with E-state index < -0.39 is 5.97 Å². The van der Waals surface area contributed by atoms with E-state index in [0.717, 1.165) is 18.9 Å². The van der Waals surface area contributed by atoms with Crippen LogP contribution in [0.15, 0.2) is 18.6 Å². The van der Waals surface area contributed by atoms with Gasteiger partial charge in [0.25, 0.3) is 0 Å². The first-order chi connectivity index (χ1) is 7.77. The summed E-state index contributed by atoms with van der Waals surface area (Å²) in [6, 6.07) is 1.77. The number of hydrogen-bond donors (Lipinski definition) is 2. The van der Waals surface area contributed by atoms with Crippen LogP contribution in [0.25, 0.3) is 0 Å². The highest BCUT2D eigenvalue weighted by molar-refractivity contribution is 5.68. The molecular weight excluding hydrogens is 208 g/mol. The van der Waals surface area contributed by atoms with Crippen molar-refractivity contribution in [3.63, 3.8) is 0 Å².